The van der Waals surface area contributed by atoms with Crippen molar-refractivity contribution in [2.24, 2.45) is 0 Å². The molecule has 0 aromatic heterocycles. The number of hydrogen-bond donors (Lipinski definition) is 1. The van der Waals surface area contributed by atoms with Crippen LogP contribution in [0.3, 0.4) is 0 Å². The molecule has 0 aromatic rings. The molecule has 95 valence electrons. The van der Waals surface area contributed by atoms with Gasteiger partial charge in [0.2, 0.25) is 0 Å². The smallest absolute Gasteiger partial charge is 0.475 e. The summed E-state index contributed by atoms with van der Waals surface area (Å²) in [4.78, 5) is 8.90. The number of carboxylic acids is 1. The second-order valence-electron chi connectivity index (χ2n) is 2.90. The fraction of sp³-hybridized carbons (Fsp3) is 0.500. The van der Waals surface area contributed by atoms with Gasteiger partial charge in [-0.1, -0.05) is 24.3 Å². The van der Waals surface area contributed by atoms with E-state index in [1.54, 1.807) is 0 Å². The van der Waals surface area contributed by atoms with E-state index >= 15 is 0 Å². The fourth-order valence-electron chi connectivity index (χ4n) is 0.856. The summed E-state index contributed by atoms with van der Waals surface area (Å²) in [5.74, 6) is -2.76. The van der Waals surface area contributed by atoms with Crippen molar-refractivity contribution in [2.45, 2.75) is 31.9 Å². The molecule has 0 fully saturated rings. The number of hydrogen-bond acceptors (Lipinski definition) is 1. The molecule has 1 rings (SSSR count). The van der Waals surface area contributed by atoms with Crippen molar-refractivity contribution in [1.82, 2.24) is 0 Å². The van der Waals surface area contributed by atoms with Gasteiger partial charge in [0.1, 0.15) is 0 Å². The first-order chi connectivity index (χ1) is 6.94. The van der Waals surface area contributed by atoms with Gasteiger partial charge in [-0.2, -0.15) is 13.2 Å². The number of aliphatic carboxylic acids is 1. The van der Waals surface area contributed by atoms with Gasteiger partial charge < -0.3 is 5.11 Å². The second-order valence-corrected chi connectivity index (χ2v) is 2.90. The summed E-state index contributed by atoms with van der Waals surface area (Å²) in [7, 11) is 0. The Morgan fingerprint density at radius 2 is 1.12 bits per heavy atom. The van der Waals surface area contributed by atoms with Crippen LogP contribution >= 0.6 is 0 Å². The third-order valence-corrected chi connectivity index (χ3v) is 1.58. The standard InChI is InChI=1S/C8H12.C2HF3O2.Rh/c1-2-4-6-8-7-5-3-1;3-2(4,5)1(6)7;/h1-2,7-8H,3-6H2;(H,6,7);. The fourth-order valence-corrected chi connectivity index (χ4v) is 0.856. The van der Waals surface area contributed by atoms with E-state index in [1.807, 2.05) is 0 Å². The molecule has 2 nitrogen and oxygen atoms in total. The van der Waals surface area contributed by atoms with Gasteiger partial charge in [0.15, 0.2) is 0 Å². The van der Waals surface area contributed by atoms with Crippen LogP contribution < -0.4 is 0 Å². The van der Waals surface area contributed by atoms with Crippen molar-refractivity contribution in [3.8, 4) is 0 Å². The number of alkyl halides is 3. The average molecular weight is 325 g/mol. The monoisotopic (exact) mass is 325 g/mol. The zero-order valence-electron chi connectivity index (χ0n) is 8.46. The van der Waals surface area contributed by atoms with Crippen molar-refractivity contribution in [2.75, 3.05) is 0 Å². The van der Waals surface area contributed by atoms with Crippen LogP contribution in [0.1, 0.15) is 25.7 Å². The van der Waals surface area contributed by atoms with E-state index in [2.05, 4.69) is 24.3 Å². The summed E-state index contributed by atoms with van der Waals surface area (Å²) in [6, 6.07) is 0. The number of carboxylic acid groups (broad SMARTS) is 1. The molecule has 1 N–H and O–H groups in total. The maximum Gasteiger partial charge on any atom is 0.490 e. The van der Waals surface area contributed by atoms with Gasteiger partial charge in [-0.05, 0) is 25.7 Å². The minimum Gasteiger partial charge on any atom is -0.475 e. The predicted molar refractivity (Wildman–Crippen MR) is 50.4 cm³/mol. The van der Waals surface area contributed by atoms with E-state index in [-0.39, 0.29) is 19.5 Å². The summed E-state index contributed by atoms with van der Waals surface area (Å²) in [5.41, 5.74) is 0. The third kappa shape index (κ3) is 11.4. The molecular weight excluding hydrogens is 312 g/mol. The van der Waals surface area contributed by atoms with Crippen LogP contribution in [0.4, 0.5) is 13.2 Å². The second kappa shape index (κ2) is 9.58. The Kier molecular flexibility index (Phi) is 10.6. The Labute approximate surface area is 105 Å². The van der Waals surface area contributed by atoms with Crippen molar-refractivity contribution in [3.63, 3.8) is 0 Å². The van der Waals surface area contributed by atoms with Crippen LogP contribution in [0.5, 0.6) is 0 Å². The SMILES string of the molecule is C1=CCCC=CCC1.O=C(O)C(F)(F)F.[Rh]. The Morgan fingerprint density at radius 3 is 1.25 bits per heavy atom. The van der Waals surface area contributed by atoms with Gasteiger partial charge in [0, 0.05) is 19.5 Å². The van der Waals surface area contributed by atoms with Crippen LogP contribution in [0, 0.1) is 0 Å². The third-order valence-electron chi connectivity index (χ3n) is 1.58. The molecule has 0 saturated carbocycles. The Balaban J connectivity index is 0. The van der Waals surface area contributed by atoms with E-state index in [1.165, 1.54) is 25.7 Å². The Bertz CT molecular complexity index is 221. The van der Waals surface area contributed by atoms with Crippen LogP contribution in [0.2, 0.25) is 0 Å². The molecule has 1 aliphatic rings. The molecule has 16 heavy (non-hydrogen) atoms. The van der Waals surface area contributed by atoms with Gasteiger partial charge in [-0.25, -0.2) is 4.79 Å². The number of carbonyl (C=O) groups is 1. The molecule has 0 amide bonds. The maximum absolute atomic E-state index is 10.6. The summed E-state index contributed by atoms with van der Waals surface area (Å²) < 4.78 is 31.7. The molecule has 0 aromatic carbocycles. The van der Waals surface area contributed by atoms with Gasteiger partial charge in [0.05, 0.1) is 0 Å². The summed E-state index contributed by atoms with van der Waals surface area (Å²) in [5, 5.41) is 7.12. The molecule has 0 saturated heterocycles. The molecule has 0 spiro atoms. The van der Waals surface area contributed by atoms with Gasteiger partial charge in [0.25, 0.3) is 0 Å². The molecule has 0 aliphatic heterocycles. The van der Waals surface area contributed by atoms with E-state index < -0.39 is 12.1 Å². The van der Waals surface area contributed by atoms with Crippen LogP contribution in [-0.2, 0) is 24.3 Å². The molecule has 0 unspecified atom stereocenters. The minimum atomic E-state index is -5.08. The first kappa shape index (κ1) is 17.7. The Morgan fingerprint density at radius 1 is 0.938 bits per heavy atom. The number of allylic oxidation sites excluding steroid dienone is 4. The molecule has 1 radical (unpaired) electrons. The van der Waals surface area contributed by atoms with Crippen LogP contribution in [-0.4, -0.2) is 17.3 Å². The summed E-state index contributed by atoms with van der Waals surface area (Å²) in [6.45, 7) is 0. The molecule has 0 bridgehead atoms. The van der Waals surface area contributed by atoms with Crippen LogP contribution in [0.15, 0.2) is 24.3 Å². The predicted octanol–water partition coefficient (Wildman–Crippen LogP) is 3.30. The van der Waals surface area contributed by atoms with Crippen molar-refractivity contribution in [1.29, 1.82) is 0 Å². The van der Waals surface area contributed by atoms with E-state index in [9.17, 15) is 13.2 Å². The van der Waals surface area contributed by atoms with Crippen LogP contribution in [0.25, 0.3) is 0 Å². The minimum absolute atomic E-state index is 0. The molecule has 6 heteroatoms. The molecule has 0 atom stereocenters. The molecule has 1 aliphatic carbocycles. The largest absolute Gasteiger partial charge is 0.490 e. The van der Waals surface area contributed by atoms with Gasteiger partial charge >= 0.3 is 12.1 Å². The van der Waals surface area contributed by atoms with E-state index in [0.717, 1.165) is 0 Å². The zero-order valence-corrected chi connectivity index (χ0v) is 10.1. The van der Waals surface area contributed by atoms with Gasteiger partial charge in [-0.3, -0.25) is 0 Å². The maximum atomic E-state index is 10.6. The average Bonchev–Trinajstić information content (AvgIpc) is 2.01. The normalized spacial score (nSPS) is 14.9. The summed E-state index contributed by atoms with van der Waals surface area (Å²) in [6.07, 6.45) is 8.92. The summed E-state index contributed by atoms with van der Waals surface area (Å²) >= 11 is 0. The first-order valence-electron chi connectivity index (χ1n) is 4.54. The quantitative estimate of drug-likeness (QED) is 0.548. The van der Waals surface area contributed by atoms with E-state index in [4.69, 9.17) is 9.90 Å². The van der Waals surface area contributed by atoms with Gasteiger partial charge in [-0.15, -0.1) is 0 Å². The van der Waals surface area contributed by atoms with E-state index in [0.29, 0.717) is 0 Å². The zero-order chi connectivity index (χ0) is 11.7. The molecule has 0 heterocycles. The first-order valence-corrected chi connectivity index (χ1v) is 4.54. The molecular formula is C10H13F3O2Rh. The Hall–Kier alpha value is -0.637. The topological polar surface area (TPSA) is 37.3 Å². The number of rotatable bonds is 0. The van der Waals surface area contributed by atoms with Crippen molar-refractivity contribution >= 4 is 5.97 Å². The number of halogens is 3. The van der Waals surface area contributed by atoms with Crippen molar-refractivity contribution in [3.05, 3.63) is 24.3 Å². The van der Waals surface area contributed by atoms with Crippen molar-refractivity contribution < 1.29 is 42.6 Å².